The number of hydrogen-bond acceptors (Lipinski definition) is 6. The topological polar surface area (TPSA) is 124 Å². The van der Waals surface area contributed by atoms with Gasteiger partial charge in [-0.05, 0) is 17.9 Å². The number of likely N-dealkylation sites (tertiary alicyclic amines) is 1. The molecule has 10 nitrogen and oxygen atoms in total. The number of nitrogens with one attached hydrogen (secondary N) is 2. The van der Waals surface area contributed by atoms with Gasteiger partial charge in [0.15, 0.2) is 0 Å². The molecule has 200 valence electrons. The fourth-order valence-electron chi connectivity index (χ4n) is 5.31. The highest BCUT2D eigenvalue weighted by molar-refractivity contribution is 5.88. The molecule has 2 saturated heterocycles. The van der Waals surface area contributed by atoms with Gasteiger partial charge in [0.05, 0.1) is 25.8 Å². The van der Waals surface area contributed by atoms with Gasteiger partial charge in [0.2, 0.25) is 5.91 Å². The molecule has 0 aromatic heterocycles. The maximum Gasteiger partial charge on any atom is 0.410 e. The molecule has 1 aromatic rings. The summed E-state index contributed by atoms with van der Waals surface area (Å²) < 4.78 is 10.7. The Bertz CT molecular complexity index is 971. The number of ether oxygens (including phenoxy) is 2. The van der Waals surface area contributed by atoms with Crippen LogP contribution < -0.4 is 10.6 Å². The van der Waals surface area contributed by atoms with Crippen LogP contribution in [0.1, 0.15) is 50.5 Å². The number of amides is 4. The van der Waals surface area contributed by atoms with Crippen LogP contribution in [0.5, 0.6) is 0 Å². The lowest BCUT2D eigenvalue weighted by atomic mass is 9.84. The number of morpholine rings is 1. The van der Waals surface area contributed by atoms with Crippen LogP contribution in [-0.4, -0.2) is 78.8 Å². The van der Waals surface area contributed by atoms with E-state index in [0.29, 0.717) is 51.6 Å². The number of carbonyl (C=O) groups is 3. The highest BCUT2D eigenvalue weighted by atomic mass is 16.6. The van der Waals surface area contributed by atoms with E-state index < -0.39 is 17.7 Å². The molecule has 1 saturated carbocycles. The Morgan fingerprint density at radius 1 is 1.08 bits per heavy atom. The molecule has 3 aliphatic rings. The van der Waals surface area contributed by atoms with Gasteiger partial charge in [-0.2, -0.15) is 5.26 Å². The number of nitriles is 1. The monoisotopic (exact) mass is 511 g/mol. The van der Waals surface area contributed by atoms with Crippen LogP contribution in [0.3, 0.4) is 0 Å². The lowest BCUT2D eigenvalue weighted by Gasteiger charge is -2.32. The summed E-state index contributed by atoms with van der Waals surface area (Å²) in [4.78, 5) is 42.1. The second-order valence-electron chi connectivity index (χ2n) is 10.2. The molecule has 10 heteroatoms. The first-order chi connectivity index (χ1) is 18.0. The number of urea groups is 1. The Morgan fingerprint density at radius 3 is 2.51 bits per heavy atom. The van der Waals surface area contributed by atoms with Crippen LogP contribution in [0.2, 0.25) is 0 Å². The van der Waals surface area contributed by atoms with E-state index >= 15 is 0 Å². The second-order valence-corrected chi connectivity index (χ2v) is 10.2. The van der Waals surface area contributed by atoms with Gasteiger partial charge in [-0.15, -0.1) is 0 Å². The molecule has 0 bridgehead atoms. The zero-order valence-electron chi connectivity index (χ0n) is 21.3. The largest absolute Gasteiger partial charge is 0.445 e. The summed E-state index contributed by atoms with van der Waals surface area (Å²) in [6, 6.07) is 10.6. The van der Waals surface area contributed by atoms with E-state index in [1.165, 1.54) is 11.3 Å². The highest BCUT2D eigenvalue weighted by Gasteiger charge is 2.43. The van der Waals surface area contributed by atoms with Crippen LogP contribution in [0.15, 0.2) is 30.3 Å². The fraction of sp³-hybridized carbons (Fsp3) is 0.630. The second kappa shape index (κ2) is 12.8. The van der Waals surface area contributed by atoms with Crippen molar-refractivity contribution in [2.45, 2.75) is 63.1 Å². The van der Waals surface area contributed by atoms with Gasteiger partial charge >= 0.3 is 12.1 Å². The minimum atomic E-state index is -1.22. The first-order valence-electron chi connectivity index (χ1n) is 13.3. The Kier molecular flexibility index (Phi) is 9.23. The van der Waals surface area contributed by atoms with Gasteiger partial charge in [0.25, 0.3) is 0 Å². The number of hydrogen-bond donors (Lipinski definition) is 2. The molecule has 0 radical (unpaired) electrons. The van der Waals surface area contributed by atoms with Crippen molar-refractivity contribution >= 4 is 18.0 Å². The van der Waals surface area contributed by atoms with Gasteiger partial charge in [-0.3, -0.25) is 4.79 Å². The maximum atomic E-state index is 13.5. The normalized spacial score (nSPS) is 23.1. The van der Waals surface area contributed by atoms with Gasteiger partial charge in [-0.25, -0.2) is 9.59 Å². The zero-order valence-corrected chi connectivity index (χ0v) is 21.3. The molecule has 3 fully saturated rings. The van der Waals surface area contributed by atoms with E-state index in [0.717, 1.165) is 31.2 Å². The zero-order chi connectivity index (χ0) is 26.1. The van der Waals surface area contributed by atoms with Crippen molar-refractivity contribution in [1.82, 2.24) is 20.4 Å². The van der Waals surface area contributed by atoms with Crippen LogP contribution >= 0.6 is 0 Å². The van der Waals surface area contributed by atoms with E-state index in [4.69, 9.17) is 9.47 Å². The van der Waals surface area contributed by atoms with Crippen LogP contribution in [-0.2, 0) is 20.9 Å². The lowest BCUT2D eigenvalue weighted by molar-refractivity contribution is -0.124. The van der Waals surface area contributed by atoms with Crippen LogP contribution in [0.4, 0.5) is 9.59 Å². The van der Waals surface area contributed by atoms with Crippen molar-refractivity contribution in [3.8, 4) is 6.07 Å². The fourth-order valence-corrected chi connectivity index (χ4v) is 5.31. The Labute approximate surface area is 218 Å². The molecule has 0 spiro atoms. The molecule has 2 heterocycles. The first-order valence-corrected chi connectivity index (χ1v) is 13.3. The third-order valence-corrected chi connectivity index (χ3v) is 7.52. The van der Waals surface area contributed by atoms with Gasteiger partial charge < -0.3 is 29.9 Å². The van der Waals surface area contributed by atoms with E-state index in [9.17, 15) is 19.6 Å². The SMILES string of the molecule is N#CC1(NC(=O)[C@H](CC2CCCCC2)NC(=O)N2CCOCC2)CCN(C(=O)OCc2ccccc2)C1. The van der Waals surface area contributed by atoms with E-state index in [1.807, 2.05) is 30.3 Å². The Balaban J connectivity index is 1.37. The third-order valence-electron chi connectivity index (χ3n) is 7.52. The van der Waals surface area contributed by atoms with Crippen molar-refractivity contribution in [3.05, 3.63) is 35.9 Å². The Hall–Kier alpha value is -3.32. The van der Waals surface area contributed by atoms with Crippen molar-refractivity contribution in [2.24, 2.45) is 5.92 Å². The number of nitrogens with zero attached hydrogens (tertiary/aromatic N) is 3. The Morgan fingerprint density at radius 2 is 1.81 bits per heavy atom. The minimum Gasteiger partial charge on any atom is -0.445 e. The maximum absolute atomic E-state index is 13.5. The molecule has 4 rings (SSSR count). The summed E-state index contributed by atoms with van der Waals surface area (Å²) in [6.07, 6.45) is 5.81. The third kappa shape index (κ3) is 7.35. The molecule has 2 N–H and O–H groups in total. The summed E-state index contributed by atoms with van der Waals surface area (Å²) >= 11 is 0. The molecule has 37 heavy (non-hydrogen) atoms. The summed E-state index contributed by atoms with van der Waals surface area (Å²) in [5.41, 5.74) is -0.353. The van der Waals surface area contributed by atoms with E-state index in [-0.39, 0.29) is 25.1 Å². The van der Waals surface area contributed by atoms with Crippen LogP contribution in [0, 0.1) is 17.2 Å². The lowest BCUT2D eigenvalue weighted by Crippen LogP contribution is -2.58. The number of rotatable bonds is 7. The molecule has 1 aromatic carbocycles. The van der Waals surface area contributed by atoms with E-state index in [1.54, 1.807) is 4.90 Å². The number of carbonyl (C=O) groups excluding carboxylic acids is 3. The molecule has 1 unspecified atom stereocenters. The molecular weight excluding hydrogens is 474 g/mol. The van der Waals surface area contributed by atoms with Gasteiger partial charge in [0.1, 0.15) is 18.2 Å². The average Bonchev–Trinajstić information content (AvgIpc) is 3.37. The summed E-state index contributed by atoms with van der Waals surface area (Å²) in [7, 11) is 0. The highest BCUT2D eigenvalue weighted by Crippen LogP contribution is 2.28. The molecule has 4 amide bonds. The average molecular weight is 512 g/mol. The predicted octanol–water partition coefficient (Wildman–Crippen LogP) is 2.79. The van der Waals surface area contributed by atoms with Crippen molar-refractivity contribution in [1.29, 1.82) is 5.26 Å². The van der Waals surface area contributed by atoms with Crippen molar-refractivity contribution in [3.63, 3.8) is 0 Å². The first kappa shape index (κ1) is 26.7. The van der Waals surface area contributed by atoms with Crippen molar-refractivity contribution in [2.75, 3.05) is 39.4 Å². The predicted molar refractivity (Wildman–Crippen MR) is 135 cm³/mol. The smallest absolute Gasteiger partial charge is 0.410 e. The summed E-state index contributed by atoms with van der Waals surface area (Å²) in [6.45, 7) is 2.38. The quantitative estimate of drug-likeness (QED) is 0.580. The van der Waals surface area contributed by atoms with Crippen LogP contribution in [0.25, 0.3) is 0 Å². The summed E-state index contributed by atoms with van der Waals surface area (Å²) in [5.74, 6) is -0.0335. The van der Waals surface area contributed by atoms with Gasteiger partial charge in [-0.1, -0.05) is 62.4 Å². The minimum absolute atomic E-state index is 0.0381. The molecule has 2 aliphatic heterocycles. The molecule has 2 atom stereocenters. The van der Waals surface area contributed by atoms with E-state index in [2.05, 4.69) is 16.7 Å². The summed E-state index contributed by atoms with van der Waals surface area (Å²) in [5, 5.41) is 15.8. The molecular formula is C27H37N5O5. The number of benzene rings is 1. The van der Waals surface area contributed by atoms with Crippen molar-refractivity contribution < 1.29 is 23.9 Å². The van der Waals surface area contributed by atoms with Gasteiger partial charge in [0, 0.05) is 26.1 Å². The molecule has 1 aliphatic carbocycles. The standard InChI is InChI=1S/C27H37N5O5/c28-19-27(11-12-32(20-27)26(35)37-18-22-9-5-2-6-10-22)30-24(33)23(17-21-7-3-1-4-8-21)29-25(34)31-13-15-36-16-14-31/h2,5-6,9-10,21,23H,1,3-4,7-8,11-18,20H2,(H,29,34)(H,30,33)/t23-,27?/m0/s1.